The third kappa shape index (κ3) is 6.07. The second kappa shape index (κ2) is 11.3. The van der Waals surface area contributed by atoms with Gasteiger partial charge in [-0.1, -0.05) is 6.07 Å². The van der Waals surface area contributed by atoms with E-state index in [1.54, 1.807) is 74.9 Å². The van der Waals surface area contributed by atoms with E-state index >= 15 is 0 Å². The molecule has 0 radical (unpaired) electrons. The molecule has 0 aliphatic carbocycles. The van der Waals surface area contributed by atoms with E-state index in [0.29, 0.717) is 64.2 Å². The average molecular weight is 533 g/mol. The van der Waals surface area contributed by atoms with E-state index in [2.05, 4.69) is 20.9 Å². The fourth-order valence-electron chi connectivity index (χ4n) is 3.97. The molecular weight excluding hydrogens is 504 g/mol. The first-order valence-electron chi connectivity index (χ1n) is 12.0. The van der Waals surface area contributed by atoms with Gasteiger partial charge in [0.15, 0.2) is 0 Å². The zero-order valence-electron chi connectivity index (χ0n) is 21.1. The quantitative estimate of drug-likeness (QED) is 0.199. The van der Waals surface area contributed by atoms with Crippen LogP contribution >= 0.6 is 0 Å². The zero-order valence-corrected chi connectivity index (χ0v) is 21.9. The Morgan fingerprint density at radius 2 is 1.95 bits per heavy atom. The maximum Gasteiger partial charge on any atom is 0.274 e. The van der Waals surface area contributed by atoms with Crippen molar-refractivity contribution < 1.29 is 17.9 Å². The number of rotatable bonds is 10. The summed E-state index contributed by atoms with van der Waals surface area (Å²) in [5.41, 5.74) is 2.41. The van der Waals surface area contributed by atoms with E-state index < -0.39 is 10.0 Å². The molecule has 0 fully saturated rings. The first-order chi connectivity index (χ1) is 18.2. The molecule has 0 unspecified atom stereocenters. The molecule has 0 aliphatic rings. The third-order valence-electron chi connectivity index (χ3n) is 5.89. The van der Waals surface area contributed by atoms with Gasteiger partial charge >= 0.3 is 0 Å². The molecular formula is C28H28N4O5S. The first kappa shape index (κ1) is 26.6. The smallest absolute Gasteiger partial charge is 0.274 e. The molecule has 3 N–H and O–H groups in total. The van der Waals surface area contributed by atoms with E-state index in [0.717, 1.165) is 0 Å². The summed E-state index contributed by atoms with van der Waals surface area (Å²) in [4.78, 5) is 27.8. The number of aromatic nitrogens is 2. The number of hydrogen-bond acceptors (Lipinski definition) is 5. The van der Waals surface area contributed by atoms with Crippen LogP contribution in [0.4, 0.5) is 11.4 Å². The van der Waals surface area contributed by atoms with E-state index in [4.69, 9.17) is 11.2 Å². The van der Waals surface area contributed by atoms with Crippen molar-refractivity contribution in [1.29, 1.82) is 0 Å². The van der Waals surface area contributed by atoms with Crippen LogP contribution in [0.5, 0.6) is 11.5 Å². The maximum atomic E-state index is 12.6. The number of fused-ring (bicyclic) bond motifs is 1. The van der Waals surface area contributed by atoms with Crippen LogP contribution < -0.4 is 20.3 Å². The number of amides is 1. The Labute approximate surface area is 220 Å². The van der Waals surface area contributed by atoms with Gasteiger partial charge in [0.2, 0.25) is 15.9 Å². The van der Waals surface area contributed by atoms with Gasteiger partial charge in [-0.2, -0.15) is 0 Å². The molecule has 196 valence electrons. The Bertz CT molecular complexity index is 1700. The average Bonchev–Trinajstić information content (AvgIpc) is 3.38. The number of hydrogen-bond donors (Lipinski definition) is 3. The summed E-state index contributed by atoms with van der Waals surface area (Å²) in [7, 11) is -1.87. The molecule has 0 spiro atoms. The van der Waals surface area contributed by atoms with Gasteiger partial charge in [0.25, 0.3) is 5.56 Å². The maximum absolute atomic E-state index is 12.6. The molecule has 2 aromatic heterocycles. The number of aromatic amines is 1. The van der Waals surface area contributed by atoms with Crippen molar-refractivity contribution in [3.63, 3.8) is 0 Å². The van der Waals surface area contributed by atoms with Crippen LogP contribution in [0.25, 0.3) is 22.0 Å². The minimum Gasteiger partial charge on any atom is -0.457 e. The number of unbranched alkanes of at least 4 members (excludes halogenated alkanes) is 1. The Morgan fingerprint density at radius 1 is 1.13 bits per heavy atom. The Kier molecular flexibility index (Phi) is 7.88. The number of aryl methyl sites for hydroxylation is 1. The Morgan fingerprint density at radius 3 is 2.71 bits per heavy atom. The fourth-order valence-corrected chi connectivity index (χ4v) is 4.60. The number of pyridine rings is 1. The van der Waals surface area contributed by atoms with Gasteiger partial charge in [0, 0.05) is 66.2 Å². The fraction of sp³-hybridized carbons (Fsp3) is 0.214. The monoisotopic (exact) mass is 532 g/mol. The Balaban J connectivity index is 1.74. The first-order valence-corrected chi connectivity index (χ1v) is 13.7. The van der Waals surface area contributed by atoms with Crippen LogP contribution in [0, 0.1) is 12.3 Å². The highest BCUT2D eigenvalue weighted by molar-refractivity contribution is 7.92. The summed E-state index contributed by atoms with van der Waals surface area (Å²) in [6.45, 7) is 1.55. The van der Waals surface area contributed by atoms with Gasteiger partial charge in [0.05, 0.1) is 5.75 Å². The molecule has 0 bridgehead atoms. The normalized spacial score (nSPS) is 11.2. The number of ether oxygens (including phenoxy) is 1. The largest absolute Gasteiger partial charge is 0.457 e. The van der Waals surface area contributed by atoms with Crippen molar-refractivity contribution in [2.45, 2.75) is 26.2 Å². The van der Waals surface area contributed by atoms with Gasteiger partial charge in [-0.3, -0.25) is 14.3 Å². The molecule has 10 heteroatoms. The summed E-state index contributed by atoms with van der Waals surface area (Å²) in [6.07, 6.45) is 10.1. The van der Waals surface area contributed by atoms with Crippen LogP contribution in [-0.4, -0.2) is 29.6 Å². The van der Waals surface area contributed by atoms with Crippen molar-refractivity contribution in [3.8, 4) is 35.0 Å². The lowest BCUT2D eigenvalue weighted by Gasteiger charge is -2.16. The lowest BCUT2D eigenvalue weighted by molar-refractivity contribution is -0.116. The topological polar surface area (TPSA) is 122 Å². The van der Waals surface area contributed by atoms with Crippen molar-refractivity contribution >= 4 is 38.2 Å². The van der Waals surface area contributed by atoms with Crippen molar-refractivity contribution in [1.82, 2.24) is 9.55 Å². The number of sulfonamides is 1. The lowest BCUT2D eigenvalue weighted by atomic mass is 10.0. The van der Waals surface area contributed by atoms with Crippen LogP contribution in [0.2, 0.25) is 0 Å². The molecule has 1 amide bonds. The minimum absolute atomic E-state index is 0.0796. The van der Waals surface area contributed by atoms with Crippen LogP contribution in [0.3, 0.4) is 0 Å². The second-order valence-electron chi connectivity index (χ2n) is 8.68. The van der Waals surface area contributed by atoms with Gasteiger partial charge in [0.1, 0.15) is 17.0 Å². The highest BCUT2D eigenvalue weighted by Crippen LogP contribution is 2.38. The number of terminal acetylenes is 1. The molecule has 38 heavy (non-hydrogen) atoms. The molecule has 4 aromatic rings. The second-order valence-corrected chi connectivity index (χ2v) is 10.7. The van der Waals surface area contributed by atoms with E-state index in [1.165, 1.54) is 4.57 Å². The molecule has 0 aliphatic heterocycles. The molecule has 4 rings (SSSR count). The number of anilines is 2. The molecule has 9 nitrogen and oxygen atoms in total. The van der Waals surface area contributed by atoms with E-state index in [1.807, 2.05) is 0 Å². The predicted molar refractivity (Wildman–Crippen MR) is 150 cm³/mol. The number of H-pyrrole nitrogens is 1. The summed E-state index contributed by atoms with van der Waals surface area (Å²) in [6, 6.07) is 13.7. The summed E-state index contributed by atoms with van der Waals surface area (Å²) < 4.78 is 34.7. The molecule has 2 aromatic carbocycles. The van der Waals surface area contributed by atoms with Gasteiger partial charge < -0.3 is 19.6 Å². The number of nitrogens with one attached hydrogen (secondary N) is 3. The summed E-state index contributed by atoms with van der Waals surface area (Å²) in [5, 5.41) is 3.51. The highest BCUT2D eigenvalue weighted by Gasteiger charge is 2.17. The zero-order chi connectivity index (χ0) is 27.3. The van der Waals surface area contributed by atoms with Gasteiger partial charge in [-0.25, -0.2) is 8.42 Å². The Hall–Kier alpha value is -4.49. The van der Waals surface area contributed by atoms with Gasteiger partial charge in [-0.15, -0.1) is 12.3 Å². The third-order valence-corrected chi connectivity index (χ3v) is 7.19. The van der Waals surface area contributed by atoms with Crippen molar-refractivity contribution in [2.24, 2.45) is 7.05 Å². The van der Waals surface area contributed by atoms with Gasteiger partial charge in [-0.05, 0) is 49.7 Å². The van der Waals surface area contributed by atoms with Crippen LogP contribution in [0.1, 0.15) is 26.2 Å². The summed E-state index contributed by atoms with van der Waals surface area (Å²) in [5.74, 6) is 3.19. The number of nitrogens with zero attached hydrogens (tertiary/aromatic N) is 1. The van der Waals surface area contributed by atoms with Crippen molar-refractivity contribution in [3.05, 3.63) is 71.3 Å². The molecule has 0 saturated carbocycles. The number of carbonyl (C=O) groups excluding carboxylic acids is 1. The SMILES string of the molecule is C#CCCCC(=O)Nc1cccc(Oc2ccc(NS(=O)(=O)CC)cc2-c2cn(C)c(=O)c3[nH]ccc23)c1. The van der Waals surface area contributed by atoms with Crippen LogP contribution in [-0.2, 0) is 21.9 Å². The molecule has 0 atom stereocenters. The van der Waals surface area contributed by atoms with E-state index in [-0.39, 0.29) is 17.2 Å². The van der Waals surface area contributed by atoms with E-state index in [9.17, 15) is 18.0 Å². The summed E-state index contributed by atoms with van der Waals surface area (Å²) >= 11 is 0. The molecule has 0 saturated heterocycles. The minimum atomic E-state index is -3.52. The standard InChI is InChI=1S/C28H28N4O5S/c1-4-6-7-11-26(33)30-19-9-8-10-21(16-19)37-25-13-12-20(31-38(35,36)5-2)17-23(25)24-18-32(3)28(34)27-22(24)14-15-29-27/h1,8-10,12-18,29,31H,5-7,11H2,2-3H3,(H,30,33). The molecule has 2 heterocycles. The predicted octanol–water partition coefficient (Wildman–Crippen LogP) is 4.83. The highest BCUT2D eigenvalue weighted by atomic mass is 32.2. The van der Waals surface area contributed by atoms with Crippen molar-refractivity contribution in [2.75, 3.05) is 15.8 Å². The number of benzene rings is 2. The number of carbonyl (C=O) groups is 1. The van der Waals surface area contributed by atoms with Crippen LogP contribution in [0.15, 0.2) is 65.7 Å². The lowest BCUT2D eigenvalue weighted by Crippen LogP contribution is -2.17.